The van der Waals surface area contributed by atoms with Crippen LogP contribution in [0, 0.1) is 0 Å². The fourth-order valence-corrected chi connectivity index (χ4v) is 2.52. The number of fused-ring (bicyclic) bond motifs is 1. The maximum absolute atomic E-state index is 12.1. The average molecular weight is 275 g/mol. The molecule has 0 spiro atoms. The molecule has 5 nitrogen and oxygen atoms in total. The van der Waals surface area contributed by atoms with Crippen LogP contribution in [0.1, 0.15) is 43.7 Å². The summed E-state index contributed by atoms with van der Waals surface area (Å²) in [7, 11) is 0. The van der Waals surface area contributed by atoms with E-state index >= 15 is 0 Å². The Morgan fingerprint density at radius 2 is 2.20 bits per heavy atom. The molecule has 0 radical (unpaired) electrons. The SMILES string of the molecule is CCCCCN1C(=O)CCc2ccc(C(N)=NO)cc21. The molecule has 108 valence electrons. The highest BCUT2D eigenvalue weighted by Crippen LogP contribution is 2.29. The minimum Gasteiger partial charge on any atom is -0.409 e. The van der Waals surface area contributed by atoms with Crippen LogP contribution in [0.3, 0.4) is 0 Å². The highest BCUT2D eigenvalue weighted by atomic mass is 16.4. The van der Waals surface area contributed by atoms with E-state index in [0.29, 0.717) is 12.0 Å². The monoisotopic (exact) mass is 275 g/mol. The lowest BCUT2D eigenvalue weighted by atomic mass is 9.98. The Hall–Kier alpha value is -2.04. The Morgan fingerprint density at radius 1 is 1.40 bits per heavy atom. The van der Waals surface area contributed by atoms with E-state index in [0.717, 1.165) is 43.5 Å². The maximum atomic E-state index is 12.1. The number of nitrogens with two attached hydrogens (primary N) is 1. The van der Waals surface area contributed by atoms with Gasteiger partial charge in [-0.2, -0.15) is 0 Å². The van der Waals surface area contributed by atoms with Crippen molar-refractivity contribution in [3.63, 3.8) is 0 Å². The lowest BCUT2D eigenvalue weighted by Gasteiger charge is -2.30. The highest BCUT2D eigenvalue weighted by Gasteiger charge is 2.24. The lowest BCUT2D eigenvalue weighted by molar-refractivity contribution is -0.118. The summed E-state index contributed by atoms with van der Waals surface area (Å²) in [6.07, 6.45) is 4.55. The van der Waals surface area contributed by atoms with Gasteiger partial charge in [0.15, 0.2) is 5.84 Å². The number of oxime groups is 1. The number of rotatable bonds is 5. The van der Waals surface area contributed by atoms with Gasteiger partial charge in [0, 0.05) is 24.2 Å². The second-order valence-electron chi connectivity index (χ2n) is 5.08. The number of amidine groups is 1. The van der Waals surface area contributed by atoms with Gasteiger partial charge in [0.2, 0.25) is 5.91 Å². The number of unbranched alkanes of at least 4 members (excludes halogenated alkanes) is 2. The molecule has 1 aromatic rings. The Balaban J connectivity index is 2.29. The molecule has 2 rings (SSSR count). The minimum absolute atomic E-state index is 0.0688. The number of carbonyl (C=O) groups excluding carboxylic acids is 1. The van der Waals surface area contributed by atoms with E-state index in [4.69, 9.17) is 10.9 Å². The predicted octanol–water partition coefficient (Wildman–Crippen LogP) is 2.25. The van der Waals surface area contributed by atoms with Crippen LogP contribution in [-0.2, 0) is 11.2 Å². The van der Waals surface area contributed by atoms with Crippen molar-refractivity contribution >= 4 is 17.4 Å². The van der Waals surface area contributed by atoms with Gasteiger partial charge < -0.3 is 15.8 Å². The predicted molar refractivity (Wildman–Crippen MR) is 79.2 cm³/mol. The van der Waals surface area contributed by atoms with Crippen LogP contribution >= 0.6 is 0 Å². The Bertz CT molecular complexity index is 526. The second kappa shape index (κ2) is 6.41. The fraction of sp³-hybridized carbons (Fsp3) is 0.467. The topological polar surface area (TPSA) is 78.9 Å². The third-order valence-electron chi connectivity index (χ3n) is 3.67. The number of amides is 1. The molecular weight excluding hydrogens is 254 g/mol. The van der Waals surface area contributed by atoms with Crippen LogP contribution in [-0.4, -0.2) is 23.5 Å². The molecule has 5 heteroatoms. The molecule has 0 aromatic heterocycles. The third-order valence-corrected chi connectivity index (χ3v) is 3.67. The molecule has 0 unspecified atom stereocenters. The standard InChI is InChI=1S/C15H21N3O2/c1-2-3-4-9-18-13-10-12(15(16)17-20)6-5-11(13)7-8-14(18)19/h5-6,10,20H,2-4,7-9H2,1H3,(H2,16,17). The number of anilines is 1. The van der Waals surface area contributed by atoms with Gasteiger partial charge in [-0.1, -0.05) is 37.1 Å². The summed E-state index contributed by atoms with van der Waals surface area (Å²) in [5.41, 5.74) is 8.32. The zero-order valence-corrected chi connectivity index (χ0v) is 11.8. The van der Waals surface area contributed by atoms with Gasteiger partial charge in [-0.15, -0.1) is 0 Å². The Labute approximate surface area is 119 Å². The molecule has 1 amide bonds. The molecule has 1 heterocycles. The molecule has 0 saturated heterocycles. The van der Waals surface area contributed by atoms with Crippen molar-refractivity contribution in [3.8, 4) is 0 Å². The van der Waals surface area contributed by atoms with Crippen LogP contribution in [0.15, 0.2) is 23.4 Å². The zero-order valence-electron chi connectivity index (χ0n) is 11.8. The number of benzene rings is 1. The Kier molecular flexibility index (Phi) is 4.61. The van der Waals surface area contributed by atoms with Crippen LogP contribution in [0.25, 0.3) is 0 Å². The molecule has 1 aromatic carbocycles. The summed E-state index contributed by atoms with van der Waals surface area (Å²) in [4.78, 5) is 14.0. The average Bonchev–Trinajstić information content (AvgIpc) is 2.48. The van der Waals surface area contributed by atoms with Gasteiger partial charge >= 0.3 is 0 Å². The van der Waals surface area contributed by atoms with Crippen LogP contribution in [0.5, 0.6) is 0 Å². The van der Waals surface area contributed by atoms with Gasteiger partial charge in [0.05, 0.1) is 0 Å². The first kappa shape index (κ1) is 14.4. The van der Waals surface area contributed by atoms with Crippen molar-refractivity contribution in [1.82, 2.24) is 0 Å². The molecule has 0 bridgehead atoms. The normalized spacial score (nSPS) is 15.3. The van der Waals surface area contributed by atoms with Crippen LogP contribution < -0.4 is 10.6 Å². The summed E-state index contributed by atoms with van der Waals surface area (Å²) in [5, 5.41) is 11.8. The van der Waals surface area contributed by atoms with Gasteiger partial charge in [0.25, 0.3) is 0 Å². The van der Waals surface area contributed by atoms with Crippen molar-refractivity contribution in [2.75, 3.05) is 11.4 Å². The van der Waals surface area contributed by atoms with E-state index in [1.807, 2.05) is 23.1 Å². The molecule has 20 heavy (non-hydrogen) atoms. The third kappa shape index (κ3) is 2.92. The molecule has 3 N–H and O–H groups in total. The molecule has 0 atom stereocenters. The first-order chi connectivity index (χ1) is 9.67. The van der Waals surface area contributed by atoms with Gasteiger partial charge in [-0.25, -0.2) is 0 Å². The number of nitrogens with zero attached hydrogens (tertiary/aromatic N) is 2. The molecule has 1 aliphatic heterocycles. The highest BCUT2D eigenvalue weighted by molar-refractivity contribution is 6.01. The minimum atomic E-state index is 0.0688. The quantitative estimate of drug-likeness (QED) is 0.284. The lowest BCUT2D eigenvalue weighted by Crippen LogP contribution is -2.36. The fourth-order valence-electron chi connectivity index (χ4n) is 2.52. The van der Waals surface area contributed by atoms with Crippen LogP contribution in [0.4, 0.5) is 5.69 Å². The van der Waals surface area contributed by atoms with Crippen molar-refractivity contribution in [1.29, 1.82) is 0 Å². The van der Waals surface area contributed by atoms with E-state index in [1.54, 1.807) is 0 Å². The summed E-state index contributed by atoms with van der Waals surface area (Å²) in [6, 6.07) is 5.63. The maximum Gasteiger partial charge on any atom is 0.227 e. The first-order valence-electron chi connectivity index (χ1n) is 7.08. The van der Waals surface area contributed by atoms with E-state index < -0.39 is 0 Å². The van der Waals surface area contributed by atoms with Crippen molar-refractivity contribution in [2.45, 2.75) is 39.0 Å². The summed E-state index contributed by atoms with van der Waals surface area (Å²) in [6.45, 7) is 2.88. The molecule has 0 aliphatic carbocycles. The molecule has 1 aliphatic rings. The number of hydrogen-bond acceptors (Lipinski definition) is 3. The molecular formula is C15H21N3O2. The molecule has 0 saturated carbocycles. The van der Waals surface area contributed by atoms with Crippen molar-refractivity contribution < 1.29 is 10.0 Å². The van der Waals surface area contributed by atoms with E-state index in [9.17, 15) is 4.79 Å². The van der Waals surface area contributed by atoms with Gasteiger partial charge in [-0.3, -0.25) is 4.79 Å². The summed E-state index contributed by atoms with van der Waals surface area (Å²) in [5.74, 6) is 0.226. The van der Waals surface area contributed by atoms with Gasteiger partial charge in [-0.05, 0) is 24.5 Å². The number of carbonyl (C=O) groups is 1. The number of hydrogen-bond donors (Lipinski definition) is 2. The zero-order chi connectivity index (χ0) is 14.5. The number of aryl methyl sites for hydroxylation is 1. The smallest absolute Gasteiger partial charge is 0.227 e. The van der Waals surface area contributed by atoms with E-state index in [2.05, 4.69) is 12.1 Å². The Morgan fingerprint density at radius 3 is 2.90 bits per heavy atom. The first-order valence-corrected chi connectivity index (χ1v) is 7.08. The van der Waals surface area contributed by atoms with E-state index in [1.165, 1.54) is 0 Å². The summed E-state index contributed by atoms with van der Waals surface area (Å²) >= 11 is 0. The van der Waals surface area contributed by atoms with Crippen molar-refractivity contribution in [2.24, 2.45) is 10.9 Å². The second-order valence-corrected chi connectivity index (χ2v) is 5.08. The summed E-state index contributed by atoms with van der Waals surface area (Å²) < 4.78 is 0. The molecule has 0 fully saturated rings. The van der Waals surface area contributed by atoms with Crippen LogP contribution in [0.2, 0.25) is 0 Å². The largest absolute Gasteiger partial charge is 0.409 e. The van der Waals surface area contributed by atoms with Crippen molar-refractivity contribution in [3.05, 3.63) is 29.3 Å². The van der Waals surface area contributed by atoms with Gasteiger partial charge in [0.1, 0.15) is 0 Å². The van der Waals surface area contributed by atoms with E-state index in [-0.39, 0.29) is 11.7 Å².